The van der Waals surface area contributed by atoms with Crippen molar-refractivity contribution in [3.63, 3.8) is 0 Å². The molecule has 0 amide bonds. The molecule has 0 heterocycles. The van der Waals surface area contributed by atoms with E-state index in [0.29, 0.717) is 0 Å². The van der Waals surface area contributed by atoms with E-state index < -0.39 is 0 Å². The van der Waals surface area contributed by atoms with Gasteiger partial charge in [0.05, 0.1) is 5.69 Å². The molecule has 80 valence electrons. The van der Waals surface area contributed by atoms with Crippen molar-refractivity contribution < 1.29 is 0 Å². The third-order valence-corrected chi connectivity index (χ3v) is 2.55. The Kier molecular flexibility index (Phi) is 3.16. The number of aliphatic imine (C=N–C) groups is 1. The van der Waals surface area contributed by atoms with Crippen LogP contribution in [-0.4, -0.2) is 6.21 Å². The lowest BCUT2D eigenvalue weighted by Crippen LogP contribution is -1.81. The maximum atomic E-state index is 4.48. The van der Waals surface area contributed by atoms with E-state index >= 15 is 0 Å². The molecule has 0 spiro atoms. The van der Waals surface area contributed by atoms with Crippen LogP contribution in [0.15, 0.2) is 53.5 Å². The van der Waals surface area contributed by atoms with Crippen LogP contribution in [0.3, 0.4) is 0 Å². The minimum atomic E-state index is 1.03. The monoisotopic (exact) mass is 209 g/mol. The molecule has 0 aliphatic rings. The molecule has 2 aromatic rings. The van der Waals surface area contributed by atoms with E-state index in [9.17, 15) is 0 Å². The molecular formula is C15H15N. The lowest BCUT2D eigenvalue weighted by Gasteiger charge is -1.98. The third kappa shape index (κ3) is 2.57. The maximum Gasteiger partial charge on any atom is 0.0659 e. The SMILES string of the molecule is Cc1ccc(C=Nc2ccccc2C)cc1. The minimum absolute atomic E-state index is 1.03. The van der Waals surface area contributed by atoms with E-state index in [2.05, 4.69) is 49.2 Å². The van der Waals surface area contributed by atoms with Crippen molar-refractivity contribution in [2.24, 2.45) is 4.99 Å². The summed E-state index contributed by atoms with van der Waals surface area (Å²) in [6.45, 7) is 4.16. The molecule has 0 N–H and O–H groups in total. The largest absolute Gasteiger partial charge is 0.256 e. The Hall–Kier alpha value is -1.89. The first kappa shape index (κ1) is 10.6. The number of hydrogen-bond acceptors (Lipinski definition) is 1. The molecule has 0 radical (unpaired) electrons. The van der Waals surface area contributed by atoms with Crippen molar-refractivity contribution in [3.8, 4) is 0 Å². The van der Waals surface area contributed by atoms with Crippen molar-refractivity contribution in [2.75, 3.05) is 0 Å². The minimum Gasteiger partial charge on any atom is -0.256 e. The second-order valence-corrected chi connectivity index (χ2v) is 3.96. The first-order valence-electron chi connectivity index (χ1n) is 5.42. The molecule has 16 heavy (non-hydrogen) atoms. The van der Waals surface area contributed by atoms with Gasteiger partial charge in [-0.05, 0) is 31.0 Å². The number of aryl methyl sites for hydroxylation is 2. The van der Waals surface area contributed by atoms with E-state index in [-0.39, 0.29) is 0 Å². The molecule has 0 saturated carbocycles. The molecule has 0 aromatic heterocycles. The van der Waals surface area contributed by atoms with E-state index in [4.69, 9.17) is 0 Å². The van der Waals surface area contributed by atoms with Gasteiger partial charge in [0.25, 0.3) is 0 Å². The quantitative estimate of drug-likeness (QED) is 0.661. The summed E-state index contributed by atoms with van der Waals surface area (Å²) in [4.78, 5) is 4.48. The fraction of sp³-hybridized carbons (Fsp3) is 0.133. The summed E-state index contributed by atoms with van der Waals surface area (Å²) in [5.41, 5.74) is 4.64. The molecule has 2 rings (SSSR count). The predicted molar refractivity (Wildman–Crippen MR) is 69.6 cm³/mol. The predicted octanol–water partition coefficient (Wildman–Crippen LogP) is 4.05. The number of nitrogens with zero attached hydrogens (tertiary/aromatic N) is 1. The highest BCUT2D eigenvalue weighted by molar-refractivity contribution is 5.82. The Morgan fingerprint density at radius 3 is 2.25 bits per heavy atom. The average molecular weight is 209 g/mol. The second kappa shape index (κ2) is 4.75. The van der Waals surface area contributed by atoms with Crippen LogP contribution < -0.4 is 0 Å². The first-order chi connectivity index (χ1) is 7.75. The van der Waals surface area contributed by atoms with Gasteiger partial charge in [0.15, 0.2) is 0 Å². The van der Waals surface area contributed by atoms with Gasteiger partial charge >= 0.3 is 0 Å². The van der Waals surface area contributed by atoms with Crippen molar-refractivity contribution in [2.45, 2.75) is 13.8 Å². The summed E-state index contributed by atoms with van der Waals surface area (Å²) >= 11 is 0. The fourth-order valence-electron chi connectivity index (χ4n) is 1.50. The van der Waals surface area contributed by atoms with Crippen LogP contribution in [0.5, 0.6) is 0 Å². The summed E-state index contributed by atoms with van der Waals surface area (Å²) < 4.78 is 0. The zero-order chi connectivity index (χ0) is 11.4. The molecule has 0 aliphatic heterocycles. The van der Waals surface area contributed by atoms with Gasteiger partial charge in [-0.1, -0.05) is 48.0 Å². The molecule has 2 aromatic carbocycles. The van der Waals surface area contributed by atoms with Crippen LogP contribution in [-0.2, 0) is 0 Å². The maximum absolute atomic E-state index is 4.48. The summed E-state index contributed by atoms with van der Waals surface area (Å²) in [5, 5.41) is 0. The van der Waals surface area contributed by atoms with Gasteiger partial charge < -0.3 is 0 Å². The molecule has 0 saturated heterocycles. The van der Waals surface area contributed by atoms with E-state index in [1.54, 1.807) is 0 Å². The summed E-state index contributed by atoms with van der Waals surface area (Å²) in [7, 11) is 0. The molecule has 0 aliphatic carbocycles. The summed E-state index contributed by atoms with van der Waals surface area (Å²) in [5.74, 6) is 0. The van der Waals surface area contributed by atoms with Crippen LogP contribution >= 0.6 is 0 Å². The lowest BCUT2D eigenvalue weighted by molar-refractivity contribution is 1.40. The Morgan fingerprint density at radius 1 is 0.875 bits per heavy atom. The first-order valence-corrected chi connectivity index (χ1v) is 5.42. The van der Waals surface area contributed by atoms with Crippen molar-refractivity contribution in [1.29, 1.82) is 0 Å². The molecule has 0 atom stereocenters. The van der Waals surface area contributed by atoms with Crippen molar-refractivity contribution in [1.82, 2.24) is 0 Å². The standard InChI is InChI=1S/C15H15N/c1-12-7-9-14(10-8-12)11-16-15-6-4-3-5-13(15)2/h3-11H,1-2H3. The molecule has 1 heteroatoms. The smallest absolute Gasteiger partial charge is 0.0659 e. The Morgan fingerprint density at radius 2 is 1.56 bits per heavy atom. The highest BCUT2D eigenvalue weighted by Gasteiger charge is 1.92. The van der Waals surface area contributed by atoms with E-state index in [1.807, 2.05) is 24.4 Å². The number of para-hydroxylation sites is 1. The molecule has 0 unspecified atom stereocenters. The average Bonchev–Trinajstić information content (AvgIpc) is 2.30. The molecule has 1 nitrogen and oxygen atoms in total. The zero-order valence-electron chi connectivity index (χ0n) is 9.64. The van der Waals surface area contributed by atoms with E-state index in [0.717, 1.165) is 11.3 Å². The van der Waals surface area contributed by atoms with E-state index in [1.165, 1.54) is 11.1 Å². The van der Waals surface area contributed by atoms with Crippen LogP contribution in [0.2, 0.25) is 0 Å². The molecule has 0 bridgehead atoms. The van der Waals surface area contributed by atoms with Gasteiger partial charge in [-0.3, -0.25) is 4.99 Å². The summed E-state index contributed by atoms with van der Waals surface area (Å²) in [6, 6.07) is 16.5. The zero-order valence-corrected chi connectivity index (χ0v) is 9.64. The van der Waals surface area contributed by atoms with Gasteiger partial charge in [0.2, 0.25) is 0 Å². The Bertz CT molecular complexity index is 495. The summed E-state index contributed by atoms with van der Waals surface area (Å²) in [6.07, 6.45) is 1.90. The number of hydrogen-bond donors (Lipinski definition) is 0. The van der Waals surface area contributed by atoms with Crippen molar-refractivity contribution >= 4 is 11.9 Å². The second-order valence-electron chi connectivity index (χ2n) is 3.96. The van der Waals surface area contributed by atoms with Gasteiger partial charge in [0, 0.05) is 6.21 Å². The highest BCUT2D eigenvalue weighted by Crippen LogP contribution is 2.16. The lowest BCUT2D eigenvalue weighted by atomic mass is 10.1. The van der Waals surface area contributed by atoms with Gasteiger partial charge in [-0.15, -0.1) is 0 Å². The van der Waals surface area contributed by atoms with Crippen LogP contribution in [0, 0.1) is 13.8 Å². The van der Waals surface area contributed by atoms with Crippen LogP contribution in [0.1, 0.15) is 16.7 Å². The Labute approximate surface area is 96.5 Å². The normalized spacial score (nSPS) is 10.9. The number of rotatable bonds is 2. The third-order valence-electron chi connectivity index (χ3n) is 2.55. The molecule has 0 fully saturated rings. The fourth-order valence-corrected chi connectivity index (χ4v) is 1.50. The van der Waals surface area contributed by atoms with Crippen molar-refractivity contribution in [3.05, 3.63) is 65.2 Å². The Balaban J connectivity index is 2.21. The van der Waals surface area contributed by atoms with Gasteiger partial charge in [-0.2, -0.15) is 0 Å². The van der Waals surface area contributed by atoms with Crippen LogP contribution in [0.25, 0.3) is 0 Å². The number of benzene rings is 2. The molecular weight excluding hydrogens is 194 g/mol. The topological polar surface area (TPSA) is 12.4 Å². The van der Waals surface area contributed by atoms with Gasteiger partial charge in [0.1, 0.15) is 0 Å². The van der Waals surface area contributed by atoms with Crippen LogP contribution in [0.4, 0.5) is 5.69 Å². The van der Waals surface area contributed by atoms with Gasteiger partial charge in [-0.25, -0.2) is 0 Å². The highest BCUT2D eigenvalue weighted by atomic mass is 14.7.